The van der Waals surface area contributed by atoms with E-state index < -0.39 is 12.1 Å². The molecule has 1 N–H and O–H groups in total. The van der Waals surface area contributed by atoms with E-state index in [9.17, 15) is 9.90 Å². The fraction of sp³-hybridized carbons (Fsp3) is 0.750. The number of methoxy groups -OCH3 is 1. The first kappa shape index (κ1) is 13.0. The van der Waals surface area contributed by atoms with Crippen molar-refractivity contribution in [2.45, 2.75) is 51.2 Å². The highest BCUT2D eigenvalue weighted by atomic mass is 16.5. The highest BCUT2D eigenvalue weighted by molar-refractivity contribution is 5.88. The van der Waals surface area contributed by atoms with E-state index >= 15 is 0 Å². The van der Waals surface area contributed by atoms with Crippen LogP contribution in [0.5, 0.6) is 0 Å². The fourth-order valence-corrected chi connectivity index (χ4v) is 2.51. The van der Waals surface area contributed by atoms with Crippen LogP contribution in [0.3, 0.4) is 0 Å². The first-order chi connectivity index (χ1) is 8.69. The number of esters is 1. The highest BCUT2D eigenvalue weighted by Gasteiger charge is 2.31. The quantitative estimate of drug-likeness (QED) is 0.813. The molecule has 2 atom stereocenters. The Morgan fingerprint density at radius 1 is 1.56 bits per heavy atom. The molecule has 1 fully saturated rings. The van der Waals surface area contributed by atoms with Gasteiger partial charge in [-0.25, -0.2) is 9.48 Å². The number of nitrogens with zero attached hydrogens (tertiary/aromatic N) is 3. The van der Waals surface area contributed by atoms with Gasteiger partial charge in [-0.05, 0) is 25.7 Å². The molecule has 1 aromatic rings. The van der Waals surface area contributed by atoms with Crippen molar-refractivity contribution in [3.63, 3.8) is 0 Å². The molecule has 18 heavy (non-hydrogen) atoms. The van der Waals surface area contributed by atoms with Crippen LogP contribution in [0, 0.1) is 0 Å². The molecule has 6 heteroatoms. The van der Waals surface area contributed by atoms with Crippen molar-refractivity contribution in [2.24, 2.45) is 0 Å². The molecule has 1 saturated carbocycles. The van der Waals surface area contributed by atoms with E-state index in [1.807, 2.05) is 6.92 Å². The maximum atomic E-state index is 11.6. The average Bonchev–Trinajstić information content (AvgIpc) is 2.95. The number of aliphatic hydroxyl groups excluding tert-OH is 1. The third-order valence-electron chi connectivity index (χ3n) is 3.41. The van der Waals surface area contributed by atoms with Crippen LogP contribution < -0.4 is 0 Å². The molecule has 2 rings (SSSR count). The smallest absolute Gasteiger partial charge is 0.360 e. The van der Waals surface area contributed by atoms with E-state index in [0.29, 0.717) is 6.42 Å². The zero-order valence-electron chi connectivity index (χ0n) is 10.8. The monoisotopic (exact) mass is 253 g/mol. The molecular weight excluding hydrogens is 234 g/mol. The highest BCUT2D eigenvalue weighted by Crippen LogP contribution is 2.31. The Hall–Kier alpha value is -1.43. The number of carbonyl (C=O) groups excluding carboxylic acids is 1. The third kappa shape index (κ3) is 2.25. The van der Waals surface area contributed by atoms with E-state index in [2.05, 4.69) is 10.3 Å². The molecule has 0 radical (unpaired) electrons. The van der Waals surface area contributed by atoms with Gasteiger partial charge in [0.05, 0.1) is 24.9 Å². The van der Waals surface area contributed by atoms with E-state index in [4.69, 9.17) is 4.74 Å². The summed E-state index contributed by atoms with van der Waals surface area (Å²) >= 11 is 0. The lowest BCUT2D eigenvalue weighted by Crippen LogP contribution is -2.22. The van der Waals surface area contributed by atoms with Gasteiger partial charge >= 0.3 is 5.97 Å². The number of aliphatic hydroxyl groups is 1. The second kappa shape index (κ2) is 5.48. The standard InChI is InChI=1S/C12H19N3O3/c1-3-5-9-11(12(17)18-2)13-14-15(9)8-6-4-7-10(8)16/h8,10,16H,3-7H2,1-2H3. The van der Waals surface area contributed by atoms with E-state index in [1.165, 1.54) is 7.11 Å². The normalized spacial score (nSPS) is 23.3. The van der Waals surface area contributed by atoms with Gasteiger partial charge in [0.1, 0.15) is 0 Å². The van der Waals surface area contributed by atoms with Crippen molar-refractivity contribution < 1.29 is 14.6 Å². The number of rotatable bonds is 4. The number of hydrogen-bond donors (Lipinski definition) is 1. The Bertz CT molecular complexity index is 430. The number of carbonyl (C=O) groups is 1. The Balaban J connectivity index is 2.35. The second-order valence-electron chi connectivity index (χ2n) is 4.64. The van der Waals surface area contributed by atoms with Crippen LogP contribution in [0.2, 0.25) is 0 Å². The van der Waals surface area contributed by atoms with Crippen LogP contribution in [-0.2, 0) is 11.2 Å². The predicted molar refractivity (Wildman–Crippen MR) is 64.3 cm³/mol. The maximum Gasteiger partial charge on any atom is 0.360 e. The molecular formula is C12H19N3O3. The predicted octanol–water partition coefficient (Wildman–Crippen LogP) is 1.10. The Kier molecular flexibility index (Phi) is 3.96. The molecule has 0 aromatic carbocycles. The van der Waals surface area contributed by atoms with Crippen molar-refractivity contribution in [2.75, 3.05) is 7.11 Å². The van der Waals surface area contributed by atoms with Gasteiger partial charge in [0.25, 0.3) is 0 Å². The van der Waals surface area contributed by atoms with Crippen LogP contribution >= 0.6 is 0 Å². The van der Waals surface area contributed by atoms with Gasteiger partial charge in [-0.1, -0.05) is 18.6 Å². The zero-order valence-corrected chi connectivity index (χ0v) is 10.8. The number of aromatic nitrogens is 3. The minimum atomic E-state index is -0.461. The summed E-state index contributed by atoms with van der Waals surface area (Å²) in [5.41, 5.74) is 1.05. The summed E-state index contributed by atoms with van der Waals surface area (Å²) in [4.78, 5) is 11.6. The molecule has 0 amide bonds. The molecule has 2 unspecified atom stereocenters. The first-order valence-electron chi connectivity index (χ1n) is 6.39. The van der Waals surface area contributed by atoms with Gasteiger partial charge in [0.15, 0.2) is 5.69 Å². The molecule has 0 aliphatic heterocycles. The van der Waals surface area contributed by atoms with Crippen molar-refractivity contribution in [3.05, 3.63) is 11.4 Å². The third-order valence-corrected chi connectivity index (χ3v) is 3.41. The average molecular weight is 253 g/mol. The minimum Gasteiger partial charge on any atom is -0.464 e. The summed E-state index contributed by atoms with van der Waals surface area (Å²) in [6.07, 6.45) is 3.84. The van der Waals surface area contributed by atoms with Gasteiger partial charge in [-0.15, -0.1) is 5.10 Å². The first-order valence-corrected chi connectivity index (χ1v) is 6.39. The van der Waals surface area contributed by atoms with Gasteiger partial charge in [0.2, 0.25) is 0 Å². The summed E-state index contributed by atoms with van der Waals surface area (Å²) in [5.74, 6) is -0.461. The topological polar surface area (TPSA) is 77.2 Å². The molecule has 100 valence electrons. The van der Waals surface area contributed by atoms with Crippen LogP contribution in [-0.4, -0.2) is 39.3 Å². The summed E-state index contributed by atoms with van der Waals surface area (Å²) in [6, 6.07) is -0.0579. The second-order valence-corrected chi connectivity index (χ2v) is 4.64. The summed E-state index contributed by atoms with van der Waals surface area (Å²) in [6.45, 7) is 2.03. The molecule has 1 heterocycles. The van der Waals surface area contributed by atoms with Crippen LogP contribution in [0.4, 0.5) is 0 Å². The Morgan fingerprint density at radius 2 is 2.33 bits per heavy atom. The Labute approximate surface area is 106 Å². The molecule has 1 aromatic heterocycles. The van der Waals surface area contributed by atoms with Crippen LogP contribution in [0.15, 0.2) is 0 Å². The summed E-state index contributed by atoms with van der Waals surface area (Å²) < 4.78 is 6.42. The van der Waals surface area contributed by atoms with Gasteiger partial charge in [0, 0.05) is 0 Å². The van der Waals surface area contributed by atoms with Crippen molar-refractivity contribution in [1.29, 1.82) is 0 Å². The van der Waals surface area contributed by atoms with Gasteiger partial charge in [-0.3, -0.25) is 0 Å². The lowest BCUT2D eigenvalue weighted by molar-refractivity contribution is 0.0592. The fourth-order valence-electron chi connectivity index (χ4n) is 2.51. The summed E-state index contributed by atoms with van der Waals surface area (Å²) in [5, 5.41) is 17.9. The van der Waals surface area contributed by atoms with Gasteiger partial charge < -0.3 is 9.84 Å². The van der Waals surface area contributed by atoms with Crippen LogP contribution in [0.1, 0.15) is 54.8 Å². The number of hydrogen-bond acceptors (Lipinski definition) is 5. The molecule has 0 bridgehead atoms. The largest absolute Gasteiger partial charge is 0.464 e. The molecule has 0 saturated heterocycles. The van der Waals surface area contributed by atoms with Crippen LogP contribution in [0.25, 0.3) is 0 Å². The summed E-state index contributed by atoms with van der Waals surface area (Å²) in [7, 11) is 1.33. The maximum absolute atomic E-state index is 11.6. The molecule has 1 aliphatic carbocycles. The van der Waals surface area contributed by atoms with E-state index in [0.717, 1.165) is 31.4 Å². The molecule has 1 aliphatic rings. The zero-order chi connectivity index (χ0) is 13.1. The lowest BCUT2D eigenvalue weighted by Gasteiger charge is -2.17. The molecule has 0 spiro atoms. The van der Waals surface area contributed by atoms with E-state index in [1.54, 1.807) is 4.68 Å². The Morgan fingerprint density at radius 3 is 2.89 bits per heavy atom. The molecule has 6 nitrogen and oxygen atoms in total. The minimum absolute atomic E-state index is 0.0579. The van der Waals surface area contributed by atoms with Crippen molar-refractivity contribution in [3.8, 4) is 0 Å². The lowest BCUT2D eigenvalue weighted by atomic mass is 10.1. The van der Waals surface area contributed by atoms with Crippen molar-refractivity contribution in [1.82, 2.24) is 15.0 Å². The van der Waals surface area contributed by atoms with E-state index in [-0.39, 0.29) is 11.7 Å². The number of ether oxygens (including phenoxy) is 1. The van der Waals surface area contributed by atoms with Crippen molar-refractivity contribution >= 4 is 5.97 Å². The van der Waals surface area contributed by atoms with Gasteiger partial charge in [-0.2, -0.15) is 0 Å². The SMILES string of the molecule is CCCc1c(C(=O)OC)nnn1C1CCCC1O.